The van der Waals surface area contributed by atoms with Crippen LogP contribution in [0.4, 0.5) is 4.79 Å². The van der Waals surface area contributed by atoms with Crippen molar-refractivity contribution < 1.29 is 24.2 Å². The number of amides is 1. The zero-order chi connectivity index (χ0) is 17.7. The minimum atomic E-state index is -1.29. The lowest BCUT2D eigenvalue weighted by molar-refractivity contribution is -0.152. The average Bonchev–Trinajstić information content (AvgIpc) is 2.55. The van der Waals surface area contributed by atoms with Gasteiger partial charge in [0, 0.05) is 19.0 Å². The lowest BCUT2D eigenvalue weighted by Crippen LogP contribution is -2.39. The van der Waals surface area contributed by atoms with Gasteiger partial charge in [0.2, 0.25) is 0 Å². The molecule has 0 radical (unpaired) electrons. The van der Waals surface area contributed by atoms with Crippen LogP contribution in [0.25, 0.3) is 0 Å². The molecule has 0 saturated carbocycles. The first-order valence-electron chi connectivity index (χ1n) is 8.27. The maximum absolute atomic E-state index is 11.9. The van der Waals surface area contributed by atoms with Crippen molar-refractivity contribution in [3.05, 3.63) is 29.8 Å². The smallest absolute Gasteiger partial charge is 0.409 e. The van der Waals surface area contributed by atoms with Crippen LogP contribution in [0.2, 0.25) is 0 Å². The number of carbonyl (C=O) groups excluding carboxylic acids is 1. The van der Waals surface area contributed by atoms with Gasteiger partial charge in [0.1, 0.15) is 5.75 Å². The number of hydrogen-bond donors (Lipinski definition) is 1. The number of ether oxygens (including phenoxy) is 2. The van der Waals surface area contributed by atoms with Crippen LogP contribution in [0.1, 0.15) is 45.1 Å². The third kappa shape index (κ3) is 4.40. The molecule has 6 heteroatoms. The van der Waals surface area contributed by atoms with Crippen molar-refractivity contribution in [3.63, 3.8) is 0 Å². The van der Waals surface area contributed by atoms with Gasteiger partial charge in [-0.3, -0.25) is 0 Å². The zero-order valence-electron chi connectivity index (χ0n) is 14.4. The van der Waals surface area contributed by atoms with Gasteiger partial charge in [-0.1, -0.05) is 12.1 Å². The highest BCUT2D eigenvalue weighted by Crippen LogP contribution is 2.30. The largest absolute Gasteiger partial charge is 0.478 e. The molecule has 1 fully saturated rings. The van der Waals surface area contributed by atoms with Crippen LogP contribution in [0.5, 0.6) is 5.75 Å². The summed E-state index contributed by atoms with van der Waals surface area (Å²) in [6.07, 6.45) is 1.61. The quantitative estimate of drug-likeness (QED) is 0.894. The third-order valence-corrected chi connectivity index (χ3v) is 4.16. The standard InChI is InChI=1S/C18H25NO5/c1-4-23-17(22)19-10-6-8-14(12-19)13-7-5-9-15(11-13)24-18(2,3)16(20)21/h5,7,9,11,14H,4,6,8,10,12H2,1-3H3,(H,20,21). The molecule has 1 aliphatic heterocycles. The van der Waals surface area contributed by atoms with E-state index >= 15 is 0 Å². The molecule has 132 valence electrons. The van der Waals surface area contributed by atoms with Crippen molar-refractivity contribution in [2.24, 2.45) is 0 Å². The first-order valence-corrected chi connectivity index (χ1v) is 8.27. The van der Waals surface area contributed by atoms with Crippen molar-refractivity contribution in [2.75, 3.05) is 19.7 Å². The van der Waals surface area contributed by atoms with Gasteiger partial charge < -0.3 is 19.5 Å². The van der Waals surface area contributed by atoms with Gasteiger partial charge in [-0.2, -0.15) is 0 Å². The molecular formula is C18H25NO5. The van der Waals surface area contributed by atoms with Gasteiger partial charge in [0.25, 0.3) is 0 Å². The highest BCUT2D eigenvalue weighted by Gasteiger charge is 2.30. The van der Waals surface area contributed by atoms with Crippen molar-refractivity contribution in [1.82, 2.24) is 4.90 Å². The molecule has 0 aromatic heterocycles. The van der Waals surface area contributed by atoms with Gasteiger partial charge in [0.05, 0.1) is 6.61 Å². The molecule has 6 nitrogen and oxygen atoms in total. The van der Waals surface area contributed by atoms with Crippen LogP contribution in [-0.2, 0) is 9.53 Å². The second-order valence-electron chi connectivity index (χ2n) is 6.47. The normalized spacial score (nSPS) is 18.1. The highest BCUT2D eigenvalue weighted by molar-refractivity contribution is 5.76. The first kappa shape index (κ1) is 18.1. The maximum Gasteiger partial charge on any atom is 0.409 e. The van der Waals surface area contributed by atoms with Crippen molar-refractivity contribution >= 4 is 12.1 Å². The van der Waals surface area contributed by atoms with E-state index in [1.807, 2.05) is 18.2 Å². The summed E-state index contributed by atoms with van der Waals surface area (Å²) < 4.78 is 10.7. The van der Waals surface area contributed by atoms with Crippen molar-refractivity contribution in [1.29, 1.82) is 0 Å². The number of piperidine rings is 1. The number of likely N-dealkylation sites (tertiary alicyclic amines) is 1. The van der Waals surface area contributed by atoms with E-state index in [0.29, 0.717) is 25.4 Å². The summed E-state index contributed by atoms with van der Waals surface area (Å²) in [5.74, 6) is -0.299. The molecule has 0 bridgehead atoms. The molecule has 0 spiro atoms. The fourth-order valence-corrected chi connectivity index (χ4v) is 2.80. The summed E-state index contributed by atoms with van der Waals surface area (Å²) in [5.41, 5.74) is -0.245. The van der Waals surface area contributed by atoms with Gasteiger partial charge in [0.15, 0.2) is 5.60 Å². The Balaban J connectivity index is 2.10. The van der Waals surface area contributed by atoms with E-state index in [1.54, 1.807) is 17.9 Å². The van der Waals surface area contributed by atoms with Crippen molar-refractivity contribution in [3.8, 4) is 5.75 Å². The molecule has 24 heavy (non-hydrogen) atoms. The Morgan fingerprint density at radius 3 is 2.79 bits per heavy atom. The van der Waals surface area contributed by atoms with Gasteiger partial charge in [-0.25, -0.2) is 9.59 Å². The molecule has 0 aliphatic carbocycles. The SMILES string of the molecule is CCOC(=O)N1CCCC(c2cccc(OC(C)(C)C(=O)O)c2)C1. The van der Waals surface area contributed by atoms with E-state index in [4.69, 9.17) is 9.47 Å². The van der Waals surface area contributed by atoms with E-state index in [2.05, 4.69) is 0 Å². The summed E-state index contributed by atoms with van der Waals surface area (Å²) in [6, 6.07) is 7.45. The zero-order valence-corrected chi connectivity index (χ0v) is 14.4. The van der Waals surface area contributed by atoms with E-state index in [-0.39, 0.29) is 12.0 Å². The molecule has 2 rings (SSSR count). The van der Waals surface area contributed by atoms with Gasteiger partial charge in [-0.05, 0) is 51.3 Å². The summed E-state index contributed by atoms with van der Waals surface area (Å²) in [7, 11) is 0. The monoisotopic (exact) mass is 335 g/mol. The fourth-order valence-electron chi connectivity index (χ4n) is 2.80. The highest BCUT2D eigenvalue weighted by atomic mass is 16.6. The van der Waals surface area contributed by atoms with Crippen LogP contribution in [0, 0.1) is 0 Å². The minimum absolute atomic E-state index is 0.194. The molecule has 1 aromatic carbocycles. The van der Waals surface area contributed by atoms with Crippen LogP contribution in [-0.4, -0.2) is 47.4 Å². The fraction of sp³-hybridized carbons (Fsp3) is 0.556. The average molecular weight is 335 g/mol. The predicted octanol–water partition coefficient (Wildman–Crippen LogP) is 3.26. The van der Waals surface area contributed by atoms with E-state index in [9.17, 15) is 14.7 Å². The molecule has 1 aromatic rings. The van der Waals surface area contributed by atoms with E-state index in [1.165, 1.54) is 13.8 Å². The number of carbonyl (C=O) groups is 2. The Labute approximate surface area is 142 Å². The van der Waals surface area contributed by atoms with E-state index in [0.717, 1.165) is 18.4 Å². The van der Waals surface area contributed by atoms with Crippen LogP contribution in [0.15, 0.2) is 24.3 Å². The number of carboxylic acid groups (broad SMARTS) is 1. The van der Waals surface area contributed by atoms with Crippen LogP contribution in [0.3, 0.4) is 0 Å². The molecule has 1 amide bonds. The second-order valence-corrected chi connectivity index (χ2v) is 6.47. The minimum Gasteiger partial charge on any atom is -0.478 e. The summed E-state index contributed by atoms with van der Waals surface area (Å²) in [6.45, 7) is 6.51. The predicted molar refractivity (Wildman–Crippen MR) is 89.4 cm³/mol. The molecule has 1 atom stereocenters. The number of carboxylic acids is 1. The molecular weight excluding hydrogens is 310 g/mol. The number of hydrogen-bond acceptors (Lipinski definition) is 4. The molecule has 1 aliphatic rings. The maximum atomic E-state index is 11.9. The Morgan fingerprint density at radius 2 is 2.12 bits per heavy atom. The molecule has 1 heterocycles. The Morgan fingerprint density at radius 1 is 1.38 bits per heavy atom. The molecule has 1 unspecified atom stereocenters. The molecule has 1 saturated heterocycles. The Hall–Kier alpha value is -2.24. The van der Waals surface area contributed by atoms with Crippen molar-refractivity contribution in [2.45, 2.75) is 45.1 Å². The summed E-state index contributed by atoms with van der Waals surface area (Å²) in [4.78, 5) is 24.9. The van der Waals surface area contributed by atoms with Crippen LogP contribution < -0.4 is 4.74 Å². The Bertz CT molecular complexity index is 599. The summed E-state index contributed by atoms with van der Waals surface area (Å²) >= 11 is 0. The number of rotatable bonds is 5. The first-order chi connectivity index (χ1) is 11.3. The number of benzene rings is 1. The number of nitrogens with zero attached hydrogens (tertiary/aromatic N) is 1. The van der Waals surface area contributed by atoms with E-state index < -0.39 is 11.6 Å². The topological polar surface area (TPSA) is 76.1 Å². The Kier molecular flexibility index (Phi) is 5.70. The van der Waals surface area contributed by atoms with Gasteiger partial charge >= 0.3 is 12.1 Å². The lowest BCUT2D eigenvalue weighted by atomic mass is 9.90. The summed E-state index contributed by atoms with van der Waals surface area (Å²) in [5, 5.41) is 9.18. The number of aliphatic carboxylic acids is 1. The van der Waals surface area contributed by atoms with Crippen LogP contribution >= 0.6 is 0 Å². The third-order valence-electron chi connectivity index (χ3n) is 4.16. The second kappa shape index (κ2) is 7.55. The van der Waals surface area contributed by atoms with Gasteiger partial charge in [-0.15, -0.1) is 0 Å². The molecule has 1 N–H and O–H groups in total. The lowest BCUT2D eigenvalue weighted by Gasteiger charge is -2.32.